The highest BCUT2D eigenvalue weighted by molar-refractivity contribution is 6.04. The van der Waals surface area contributed by atoms with Crippen LogP contribution in [0.5, 0.6) is 0 Å². The zero-order valence-electron chi connectivity index (χ0n) is 10.9. The summed E-state index contributed by atoms with van der Waals surface area (Å²) in [5, 5.41) is 9.19. The van der Waals surface area contributed by atoms with E-state index in [1.165, 1.54) is 0 Å². The van der Waals surface area contributed by atoms with Crippen molar-refractivity contribution in [2.45, 2.75) is 32.1 Å². The summed E-state index contributed by atoms with van der Waals surface area (Å²) in [5.74, 6) is -2.53. The molecule has 0 bridgehead atoms. The van der Waals surface area contributed by atoms with Crippen LogP contribution in [0.4, 0.5) is 8.78 Å². The van der Waals surface area contributed by atoms with Crippen LogP contribution in [0.3, 0.4) is 0 Å². The van der Waals surface area contributed by atoms with E-state index >= 15 is 0 Å². The third-order valence-electron chi connectivity index (χ3n) is 4.01. The molecule has 0 amide bonds. The van der Waals surface area contributed by atoms with Gasteiger partial charge in [-0.2, -0.15) is 0 Å². The first-order valence-corrected chi connectivity index (χ1v) is 6.58. The largest absolute Gasteiger partial charge is 0.478 e. The predicted octanol–water partition coefficient (Wildman–Crippen LogP) is 3.65. The van der Waals surface area contributed by atoms with Gasteiger partial charge in [-0.15, -0.1) is 0 Å². The van der Waals surface area contributed by atoms with Gasteiger partial charge in [0, 0.05) is 11.6 Å². The SMILES string of the molecule is CCC1CCc2c1nc1c(F)ccc(F)c1c2C(=O)O. The first-order chi connectivity index (χ1) is 9.54. The van der Waals surface area contributed by atoms with Crippen molar-refractivity contribution in [2.75, 3.05) is 0 Å². The van der Waals surface area contributed by atoms with Crippen molar-refractivity contribution in [1.29, 1.82) is 0 Å². The molecule has 0 spiro atoms. The van der Waals surface area contributed by atoms with Gasteiger partial charge in [0.1, 0.15) is 17.2 Å². The van der Waals surface area contributed by atoms with Crippen molar-refractivity contribution < 1.29 is 18.7 Å². The first kappa shape index (κ1) is 13.0. The van der Waals surface area contributed by atoms with E-state index in [0.717, 1.165) is 25.0 Å². The van der Waals surface area contributed by atoms with E-state index in [-0.39, 0.29) is 22.4 Å². The molecule has 2 aromatic rings. The second-order valence-electron chi connectivity index (χ2n) is 5.05. The van der Waals surface area contributed by atoms with E-state index in [0.29, 0.717) is 17.7 Å². The maximum absolute atomic E-state index is 14.0. The fourth-order valence-corrected chi connectivity index (χ4v) is 3.03. The highest BCUT2D eigenvalue weighted by Gasteiger charge is 2.31. The number of carbonyl (C=O) groups is 1. The number of aromatic nitrogens is 1. The van der Waals surface area contributed by atoms with Crippen LogP contribution in [-0.4, -0.2) is 16.1 Å². The highest BCUT2D eigenvalue weighted by atomic mass is 19.1. The average Bonchev–Trinajstić information content (AvgIpc) is 2.83. The monoisotopic (exact) mass is 277 g/mol. The Balaban J connectivity index is 2.47. The van der Waals surface area contributed by atoms with Crippen LogP contribution in [0, 0.1) is 11.6 Å². The molecular formula is C15H13F2NO2. The number of fused-ring (bicyclic) bond motifs is 2. The quantitative estimate of drug-likeness (QED) is 0.911. The molecule has 0 saturated carbocycles. The lowest BCUT2D eigenvalue weighted by Gasteiger charge is -2.12. The van der Waals surface area contributed by atoms with Crippen LogP contribution in [0.1, 0.15) is 47.3 Å². The van der Waals surface area contributed by atoms with Crippen LogP contribution in [-0.2, 0) is 6.42 Å². The number of halogens is 2. The minimum atomic E-state index is -1.23. The maximum Gasteiger partial charge on any atom is 0.336 e. The molecule has 1 aromatic heterocycles. The third kappa shape index (κ3) is 1.69. The second-order valence-corrected chi connectivity index (χ2v) is 5.05. The van der Waals surface area contributed by atoms with Crippen molar-refractivity contribution >= 4 is 16.9 Å². The minimum absolute atomic E-state index is 0.121. The number of pyridine rings is 1. The lowest BCUT2D eigenvalue weighted by atomic mass is 9.98. The lowest BCUT2D eigenvalue weighted by Crippen LogP contribution is -2.08. The van der Waals surface area contributed by atoms with Crippen molar-refractivity contribution in [2.24, 2.45) is 0 Å². The molecule has 1 aliphatic rings. The molecule has 0 saturated heterocycles. The number of rotatable bonds is 2. The fraction of sp³-hybridized carbons (Fsp3) is 0.333. The zero-order valence-corrected chi connectivity index (χ0v) is 10.9. The van der Waals surface area contributed by atoms with E-state index in [1.54, 1.807) is 0 Å². The number of nitrogens with zero attached hydrogens (tertiary/aromatic N) is 1. The molecule has 1 aliphatic carbocycles. The molecule has 1 N–H and O–H groups in total. The molecule has 1 aromatic carbocycles. The molecule has 5 heteroatoms. The first-order valence-electron chi connectivity index (χ1n) is 6.58. The van der Waals surface area contributed by atoms with Gasteiger partial charge in [-0.05, 0) is 37.0 Å². The molecule has 1 heterocycles. The predicted molar refractivity (Wildman–Crippen MR) is 70.0 cm³/mol. The Morgan fingerprint density at radius 3 is 2.75 bits per heavy atom. The Morgan fingerprint density at radius 1 is 1.40 bits per heavy atom. The van der Waals surface area contributed by atoms with Crippen molar-refractivity contribution in [3.63, 3.8) is 0 Å². The number of benzene rings is 1. The van der Waals surface area contributed by atoms with E-state index in [2.05, 4.69) is 4.98 Å². The lowest BCUT2D eigenvalue weighted by molar-refractivity contribution is 0.0697. The van der Waals surface area contributed by atoms with Crippen LogP contribution in [0.25, 0.3) is 10.9 Å². The van der Waals surface area contributed by atoms with E-state index < -0.39 is 17.6 Å². The Labute approximate surface area is 114 Å². The standard InChI is InChI=1S/C15H13F2NO2/c1-2-7-3-4-8-11(15(19)20)12-9(16)5-6-10(17)14(12)18-13(7)8/h5-7H,2-4H2,1H3,(H,19,20). The van der Waals surface area contributed by atoms with E-state index in [1.807, 2.05) is 6.92 Å². The van der Waals surface area contributed by atoms with Crippen molar-refractivity contribution in [3.8, 4) is 0 Å². The summed E-state index contributed by atoms with van der Waals surface area (Å²) in [6.07, 6.45) is 2.13. The van der Waals surface area contributed by atoms with Crippen LogP contribution >= 0.6 is 0 Å². The summed E-state index contributed by atoms with van der Waals surface area (Å²) in [7, 11) is 0. The van der Waals surface area contributed by atoms with Gasteiger partial charge in [-0.3, -0.25) is 0 Å². The Bertz CT molecular complexity index is 728. The van der Waals surface area contributed by atoms with Crippen molar-refractivity contribution in [3.05, 3.63) is 40.6 Å². The van der Waals surface area contributed by atoms with Gasteiger partial charge in [-0.1, -0.05) is 6.92 Å². The molecule has 0 aliphatic heterocycles. The Kier molecular flexibility index (Phi) is 2.92. The average molecular weight is 277 g/mol. The molecule has 1 atom stereocenters. The summed E-state index contributed by atoms with van der Waals surface area (Å²) in [5.41, 5.74) is 0.864. The van der Waals surface area contributed by atoms with Gasteiger partial charge in [0.2, 0.25) is 0 Å². The zero-order chi connectivity index (χ0) is 14.4. The second kappa shape index (κ2) is 4.51. The molecule has 1 unspecified atom stereocenters. The molecule has 3 nitrogen and oxygen atoms in total. The van der Waals surface area contributed by atoms with Gasteiger partial charge in [0.15, 0.2) is 0 Å². The van der Waals surface area contributed by atoms with Gasteiger partial charge in [0.25, 0.3) is 0 Å². The van der Waals surface area contributed by atoms with Crippen LogP contribution < -0.4 is 0 Å². The highest BCUT2D eigenvalue weighted by Crippen LogP contribution is 2.39. The summed E-state index contributed by atoms with van der Waals surface area (Å²) in [4.78, 5) is 15.7. The van der Waals surface area contributed by atoms with Gasteiger partial charge >= 0.3 is 5.97 Å². The Morgan fingerprint density at radius 2 is 2.10 bits per heavy atom. The van der Waals surface area contributed by atoms with E-state index in [9.17, 15) is 18.7 Å². The number of carboxylic acids is 1. The Hall–Kier alpha value is -2.04. The van der Waals surface area contributed by atoms with Gasteiger partial charge in [-0.25, -0.2) is 18.6 Å². The van der Waals surface area contributed by atoms with Crippen molar-refractivity contribution in [1.82, 2.24) is 4.98 Å². The number of hydrogen-bond acceptors (Lipinski definition) is 2. The summed E-state index contributed by atoms with van der Waals surface area (Å²) in [6, 6.07) is 1.93. The van der Waals surface area contributed by atoms with Crippen LogP contribution in [0.15, 0.2) is 12.1 Å². The maximum atomic E-state index is 14.0. The smallest absolute Gasteiger partial charge is 0.336 e. The normalized spacial score (nSPS) is 17.4. The topological polar surface area (TPSA) is 50.2 Å². The van der Waals surface area contributed by atoms with E-state index in [4.69, 9.17) is 0 Å². The number of carboxylic acid groups (broad SMARTS) is 1. The summed E-state index contributed by atoms with van der Waals surface area (Å²) < 4.78 is 27.9. The third-order valence-corrected chi connectivity index (χ3v) is 4.01. The molecule has 0 radical (unpaired) electrons. The van der Waals surface area contributed by atoms with Gasteiger partial charge < -0.3 is 5.11 Å². The molecule has 0 fully saturated rings. The van der Waals surface area contributed by atoms with Crippen LogP contribution in [0.2, 0.25) is 0 Å². The fourth-order valence-electron chi connectivity index (χ4n) is 3.03. The molecular weight excluding hydrogens is 264 g/mol. The number of aromatic carboxylic acids is 1. The molecule has 20 heavy (non-hydrogen) atoms. The molecule has 3 rings (SSSR count). The molecule has 104 valence electrons. The van der Waals surface area contributed by atoms with Gasteiger partial charge in [0.05, 0.1) is 10.9 Å². The minimum Gasteiger partial charge on any atom is -0.478 e. The summed E-state index contributed by atoms with van der Waals surface area (Å²) >= 11 is 0. The number of hydrogen-bond donors (Lipinski definition) is 1. The summed E-state index contributed by atoms with van der Waals surface area (Å²) in [6.45, 7) is 1.98.